The van der Waals surface area contributed by atoms with Crippen molar-refractivity contribution in [3.63, 3.8) is 0 Å². The van der Waals surface area contributed by atoms with Gasteiger partial charge in [-0.3, -0.25) is 14.4 Å². The molecule has 1 aromatic heterocycles. The summed E-state index contributed by atoms with van der Waals surface area (Å²) in [6.45, 7) is 9.37. The normalized spacial score (nSPS) is 20.7. The number of hydrogen-bond donors (Lipinski definition) is 1. The second-order valence-electron chi connectivity index (χ2n) is 7.78. The van der Waals surface area contributed by atoms with E-state index in [9.17, 15) is 4.79 Å². The molecule has 1 N–H and O–H groups in total. The zero-order valence-corrected chi connectivity index (χ0v) is 17.5. The molecule has 0 radical (unpaired) electrons. The van der Waals surface area contributed by atoms with Crippen LogP contribution < -0.4 is 10.9 Å². The molecule has 0 saturated carbocycles. The van der Waals surface area contributed by atoms with Crippen LogP contribution in [0.4, 0.5) is 0 Å². The van der Waals surface area contributed by atoms with Crippen LogP contribution in [-0.2, 0) is 13.0 Å². The van der Waals surface area contributed by atoms with Crippen LogP contribution >= 0.6 is 0 Å². The number of allylic oxidation sites excluding steroid dienone is 2. The smallest absolute Gasteiger partial charge is 0.255 e. The fraction of sp³-hybridized carbons (Fsp3) is 0.333. The predicted molar refractivity (Wildman–Crippen MR) is 119 cm³/mol. The van der Waals surface area contributed by atoms with Crippen molar-refractivity contribution in [3.05, 3.63) is 87.6 Å². The summed E-state index contributed by atoms with van der Waals surface area (Å²) in [5.74, 6) is 0.948. The Morgan fingerprint density at radius 1 is 1.14 bits per heavy atom. The van der Waals surface area contributed by atoms with Crippen LogP contribution in [0.1, 0.15) is 37.5 Å². The van der Waals surface area contributed by atoms with Crippen molar-refractivity contribution in [2.24, 2.45) is 4.99 Å². The lowest BCUT2D eigenvalue weighted by Gasteiger charge is -2.29. The fourth-order valence-electron chi connectivity index (χ4n) is 4.01. The Morgan fingerprint density at radius 3 is 2.72 bits per heavy atom. The van der Waals surface area contributed by atoms with Gasteiger partial charge in [0.15, 0.2) is 5.84 Å². The van der Waals surface area contributed by atoms with Crippen molar-refractivity contribution in [2.75, 3.05) is 0 Å². The molecule has 2 unspecified atom stereocenters. The number of aliphatic imine (C=N–C) groups is 1. The molecule has 0 aliphatic carbocycles. The maximum absolute atomic E-state index is 12.4. The molecule has 0 fully saturated rings. The van der Waals surface area contributed by atoms with Crippen LogP contribution in [0.5, 0.6) is 0 Å². The molecule has 29 heavy (non-hydrogen) atoms. The number of amidine groups is 1. The highest BCUT2D eigenvalue weighted by Gasteiger charge is 2.33. The quantitative estimate of drug-likeness (QED) is 0.850. The summed E-state index contributed by atoms with van der Waals surface area (Å²) in [6.07, 6.45) is 6.88. The van der Waals surface area contributed by atoms with Gasteiger partial charge in [0.1, 0.15) is 0 Å². The number of rotatable bonds is 5. The SMILES string of the molecule is CCc1cccc(C)c1CNC1=CC(n2ccccc2=O)=CN2C1=NC(C)C2C. The molecule has 5 heteroatoms. The van der Waals surface area contributed by atoms with E-state index in [0.29, 0.717) is 0 Å². The van der Waals surface area contributed by atoms with E-state index < -0.39 is 0 Å². The number of pyridine rings is 1. The summed E-state index contributed by atoms with van der Waals surface area (Å²) in [5, 5.41) is 3.62. The molecule has 2 aliphatic heterocycles. The first-order chi connectivity index (χ1) is 14.0. The summed E-state index contributed by atoms with van der Waals surface area (Å²) >= 11 is 0. The van der Waals surface area contributed by atoms with E-state index in [2.05, 4.69) is 56.1 Å². The first kappa shape index (κ1) is 19.2. The highest BCUT2D eigenvalue weighted by molar-refractivity contribution is 6.03. The first-order valence-electron chi connectivity index (χ1n) is 10.3. The molecule has 150 valence electrons. The van der Waals surface area contributed by atoms with Crippen LogP contribution in [-0.4, -0.2) is 27.4 Å². The van der Waals surface area contributed by atoms with E-state index in [0.717, 1.165) is 30.2 Å². The van der Waals surface area contributed by atoms with Crippen molar-refractivity contribution in [2.45, 2.75) is 52.7 Å². The second kappa shape index (κ2) is 7.74. The molecule has 2 aromatic rings. The average Bonchev–Trinajstić information content (AvgIpc) is 3.01. The Labute approximate surface area is 172 Å². The molecule has 0 amide bonds. The molecule has 0 spiro atoms. The van der Waals surface area contributed by atoms with Crippen LogP contribution in [0.2, 0.25) is 0 Å². The number of aromatic nitrogens is 1. The number of benzene rings is 1. The Balaban J connectivity index is 1.71. The number of aryl methyl sites for hydroxylation is 2. The molecule has 1 aromatic carbocycles. The van der Waals surface area contributed by atoms with Gasteiger partial charge in [-0.25, -0.2) is 0 Å². The van der Waals surface area contributed by atoms with Crippen LogP contribution in [0, 0.1) is 6.92 Å². The van der Waals surface area contributed by atoms with E-state index in [1.54, 1.807) is 16.7 Å². The van der Waals surface area contributed by atoms with Crippen molar-refractivity contribution >= 4 is 11.5 Å². The Morgan fingerprint density at radius 2 is 1.97 bits per heavy atom. The number of nitrogens with one attached hydrogen (secondary N) is 1. The van der Waals surface area contributed by atoms with E-state index in [1.807, 2.05) is 24.5 Å². The van der Waals surface area contributed by atoms with E-state index in [4.69, 9.17) is 4.99 Å². The summed E-state index contributed by atoms with van der Waals surface area (Å²) < 4.78 is 1.68. The van der Waals surface area contributed by atoms with Crippen molar-refractivity contribution in [1.29, 1.82) is 0 Å². The van der Waals surface area contributed by atoms with Crippen molar-refractivity contribution < 1.29 is 0 Å². The van der Waals surface area contributed by atoms with E-state index in [-0.39, 0.29) is 17.6 Å². The molecule has 0 bridgehead atoms. The molecule has 4 rings (SSSR count). The summed E-state index contributed by atoms with van der Waals surface area (Å²) in [4.78, 5) is 19.5. The number of fused-ring (bicyclic) bond motifs is 1. The summed E-state index contributed by atoms with van der Waals surface area (Å²) in [7, 11) is 0. The Hall–Kier alpha value is -3.08. The minimum absolute atomic E-state index is 0.0400. The van der Waals surface area contributed by atoms with Gasteiger partial charge in [0, 0.05) is 25.0 Å². The highest BCUT2D eigenvalue weighted by Crippen LogP contribution is 2.28. The van der Waals surface area contributed by atoms with Crippen LogP contribution in [0.3, 0.4) is 0 Å². The molecule has 5 nitrogen and oxygen atoms in total. The Kier molecular flexibility index (Phi) is 5.14. The van der Waals surface area contributed by atoms with E-state index >= 15 is 0 Å². The molecule has 0 saturated heterocycles. The van der Waals surface area contributed by atoms with Crippen LogP contribution in [0.15, 0.2) is 70.4 Å². The number of nitrogens with zero attached hydrogens (tertiary/aromatic N) is 3. The van der Waals surface area contributed by atoms with Crippen molar-refractivity contribution in [1.82, 2.24) is 14.8 Å². The maximum atomic E-state index is 12.4. The highest BCUT2D eigenvalue weighted by atomic mass is 16.1. The first-order valence-corrected chi connectivity index (χ1v) is 10.3. The minimum Gasteiger partial charge on any atom is -0.378 e. The third-order valence-corrected chi connectivity index (χ3v) is 5.96. The zero-order chi connectivity index (χ0) is 20.5. The predicted octanol–water partition coefficient (Wildman–Crippen LogP) is 3.70. The van der Waals surface area contributed by atoms with Gasteiger partial charge in [-0.05, 0) is 56.0 Å². The zero-order valence-electron chi connectivity index (χ0n) is 17.5. The van der Waals surface area contributed by atoms with E-state index in [1.165, 1.54) is 16.7 Å². The lowest BCUT2D eigenvalue weighted by molar-refractivity contribution is 0.418. The van der Waals surface area contributed by atoms with Gasteiger partial charge in [0.05, 0.1) is 23.5 Å². The summed E-state index contributed by atoms with van der Waals surface area (Å²) in [6, 6.07) is 12.1. The van der Waals surface area contributed by atoms with Crippen molar-refractivity contribution in [3.8, 4) is 0 Å². The topological polar surface area (TPSA) is 49.6 Å². The lowest BCUT2D eigenvalue weighted by atomic mass is 10.00. The fourth-order valence-corrected chi connectivity index (χ4v) is 4.01. The van der Waals surface area contributed by atoms with Gasteiger partial charge in [-0.15, -0.1) is 0 Å². The van der Waals surface area contributed by atoms with Gasteiger partial charge in [0.25, 0.3) is 5.56 Å². The van der Waals surface area contributed by atoms with Crippen LogP contribution in [0.25, 0.3) is 5.70 Å². The third-order valence-electron chi connectivity index (χ3n) is 5.96. The monoisotopic (exact) mass is 388 g/mol. The lowest BCUT2D eigenvalue weighted by Crippen LogP contribution is -2.39. The molecule has 2 aliphatic rings. The van der Waals surface area contributed by atoms with Gasteiger partial charge in [-0.2, -0.15) is 0 Å². The number of hydrogen-bond acceptors (Lipinski definition) is 4. The van der Waals surface area contributed by atoms with Gasteiger partial charge in [-0.1, -0.05) is 31.2 Å². The maximum Gasteiger partial charge on any atom is 0.255 e. The summed E-state index contributed by atoms with van der Waals surface area (Å²) in [5.41, 5.74) is 5.74. The average molecular weight is 389 g/mol. The van der Waals surface area contributed by atoms with Gasteiger partial charge >= 0.3 is 0 Å². The third kappa shape index (κ3) is 3.53. The largest absolute Gasteiger partial charge is 0.378 e. The molecular weight excluding hydrogens is 360 g/mol. The molecular formula is C24H28N4O. The molecule has 3 heterocycles. The Bertz CT molecular complexity index is 1080. The van der Waals surface area contributed by atoms with Gasteiger partial charge in [0.2, 0.25) is 0 Å². The molecule has 2 atom stereocenters. The minimum atomic E-state index is -0.0400. The van der Waals surface area contributed by atoms with Gasteiger partial charge < -0.3 is 10.2 Å². The standard InChI is InChI=1S/C24H28N4O/c1-5-19-10-8-9-16(2)21(19)14-25-22-13-20(27-12-7-6-11-23(27)29)15-28-18(4)17(3)26-24(22)28/h6-13,15,17-18,25H,5,14H2,1-4H3. The second-order valence-corrected chi connectivity index (χ2v) is 7.78.